The molecule has 0 aliphatic carbocycles. The molecule has 1 heterocycles. The van der Waals surface area contributed by atoms with Gasteiger partial charge in [-0.05, 0) is 19.1 Å². The normalized spacial score (nSPS) is 12.9. The highest BCUT2D eigenvalue weighted by atomic mass is 19.4. The van der Waals surface area contributed by atoms with Crippen LogP contribution in [0.15, 0.2) is 12.1 Å². The predicted molar refractivity (Wildman–Crippen MR) is 57.4 cm³/mol. The van der Waals surface area contributed by atoms with Crippen LogP contribution in [0.2, 0.25) is 0 Å². The molecule has 18 heavy (non-hydrogen) atoms. The van der Waals surface area contributed by atoms with Crippen LogP contribution >= 0.6 is 0 Å². The van der Waals surface area contributed by atoms with Crippen molar-refractivity contribution in [3.05, 3.63) is 17.8 Å². The van der Waals surface area contributed by atoms with Gasteiger partial charge in [0.2, 0.25) is 0 Å². The maximum Gasteiger partial charge on any atom is 0.391 e. The number of hydrogen-bond acceptors (Lipinski definition) is 5. The van der Waals surface area contributed by atoms with Crippen LogP contribution in [0.3, 0.4) is 0 Å². The highest BCUT2D eigenvalue weighted by Crippen LogP contribution is 2.21. The van der Waals surface area contributed by atoms with E-state index in [1.807, 2.05) is 0 Å². The van der Waals surface area contributed by atoms with E-state index in [0.29, 0.717) is 0 Å². The number of nitrogens with zero attached hydrogens (tertiary/aromatic N) is 2. The lowest BCUT2D eigenvalue weighted by Crippen LogP contribution is -2.36. The molecule has 1 rings (SSSR count). The summed E-state index contributed by atoms with van der Waals surface area (Å²) in [5, 5.41) is 9.22. The first-order valence-corrected chi connectivity index (χ1v) is 5.00. The van der Waals surface area contributed by atoms with Gasteiger partial charge in [-0.15, -0.1) is 10.2 Å². The van der Waals surface area contributed by atoms with E-state index in [1.54, 1.807) is 0 Å². The third-order valence-corrected chi connectivity index (χ3v) is 1.96. The van der Waals surface area contributed by atoms with E-state index >= 15 is 0 Å². The smallest absolute Gasteiger partial charge is 0.348 e. The van der Waals surface area contributed by atoms with Gasteiger partial charge in [0, 0.05) is 6.04 Å². The molecule has 0 aliphatic rings. The lowest BCUT2D eigenvalue weighted by molar-refractivity contribution is -0.138. The van der Waals surface area contributed by atoms with Gasteiger partial charge in [-0.2, -0.15) is 13.2 Å². The Morgan fingerprint density at radius 2 is 2.11 bits per heavy atom. The summed E-state index contributed by atoms with van der Waals surface area (Å²) in [5.41, 5.74) is 2.13. The molecule has 1 aromatic rings. The Morgan fingerprint density at radius 1 is 1.44 bits per heavy atom. The van der Waals surface area contributed by atoms with Crippen molar-refractivity contribution in [1.82, 2.24) is 15.5 Å². The van der Waals surface area contributed by atoms with Crippen molar-refractivity contribution in [2.45, 2.75) is 25.6 Å². The fraction of sp³-hybridized carbons (Fsp3) is 0.444. The van der Waals surface area contributed by atoms with Crippen LogP contribution in [0.25, 0.3) is 0 Å². The summed E-state index contributed by atoms with van der Waals surface area (Å²) in [6.07, 6.45) is -5.43. The summed E-state index contributed by atoms with van der Waals surface area (Å²) >= 11 is 0. The van der Waals surface area contributed by atoms with E-state index in [-0.39, 0.29) is 11.5 Å². The lowest BCUT2D eigenvalue weighted by atomic mass is 10.2. The minimum Gasteiger partial charge on any atom is -0.348 e. The molecule has 100 valence electrons. The van der Waals surface area contributed by atoms with Crippen molar-refractivity contribution < 1.29 is 18.0 Å². The minimum atomic E-state index is -4.33. The topological polar surface area (TPSA) is 92.9 Å². The molecule has 0 aliphatic heterocycles. The van der Waals surface area contributed by atoms with Gasteiger partial charge >= 0.3 is 6.18 Å². The number of halogens is 3. The maximum atomic E-state index is 12.1. The first-order valence-electron chi connectivity index (χ1n) is 5.00. The number of hydrogen-bond donors (Lipinski definition) is 3. The molecule has 0 aromatic carbocycles. The van der Waals surface area contributed by atoms with E-state index in [4.69, 9.17) is 5.84 Å². The molecule has 0 bridgehead atoms. The number of amides is 1. The van der Waals surface area contributed by atoms with E-state index in [2.05, 4.69) is 20.9 Å². The molecule has 0 saturated carbocycles. The van der Waals surface area contributed by atoms with E-state index in [0.717, 1.165) is 0 Å². The zero-order valence-electron chi connectivity index (χ0n) is 9.45. The SMILES string of the molecule is CC(CC(F)(F)F)NC(=O)c1ccc(NN)nn1. The molecular weight excluding hydrogens is 251 g/mol. The Hall–Kier alpha value is -1.90. The Bertz CT molecular complexity index is 406. The van der Waals surface area contributed by atoms with Crippen LogP contribution in [-0.2, 0) is 0 Å². The molecule has 1 aromatic heterocycles. The second-order valence-corrected chi connectivity index (χ2v) is 3.64. The molecule has 0 spiro atoms. The Morgan fingerprint density at radius 3 is 2.56 bits per heavy atom. The average molecular weight is 263 g/mol. The summed E-state index contributed by atoms with van der Waals surface area (Å²) < 4.78 is 36.2. The zero-order valence-corrected chi connectivity index (χ0v) is 9.45. The number of hydrazine groups is 1. The summed E-state index contributed by atoms with van der Waals surface area (Å²) in [6.45, 7) is 1.26. The number of anilines is 1. The van der Waals surface area contributed by atoms with Crippen molar-refractivity contribution in [3.63, 3.8) is 0 Å². The van der Waals surface area contributed by atoms with Crippen LogP contribution < -0.4 is 16.6 Å². The van der Waals surface area contributed by atoms with Crippen molar-refractivity contribution in [2.75, 3.05) is 5.43 Å². The maximum absolute atomic E-state index is 12.1. The van der Waals surface area contributed by atoms with E-state index in [1.165, 1.54) is 19.1 Å². The van der Waals surface area contributed by atoms with Crippen molar-refractivity contribution in [2.24, 2.45) is 5.84 Å². The lowest BCUT2D eigenvalue weighted by Gasteiger charge is -2.15. The summed E-state index contributed by atoms with van der Waals surface area (Å²) in [5.74, 6) is 4.57. The van der Waals surface area contributed by atoms with Gasteiger partial charge in [-0.3, -0.25) is 4.79 Å². The van der Waals surface area contributed by atoms with Crippen LogP contribution in [0, 0.1) is 0 Å². The standard InChI is InChI=1S/C9H12F3N5O/c1-5(4-9(10,11)12)14-8(18)6-2-3-7(15-13)17-16-6/h2-3,5H,4,13H2,1H3,(H,14,18)(H,15,17). The van der Waals surface area contributed by atoms with Gasteiger partial charge in [0.15, 0.2) is 11.5 Å². The molecule has 0 radical (unpaired) electrons. The first kappa shape index (κ1) is 14.2. The van der Waals surface area contributed by atoms with Crippen LogP contribution in [0.1, 0.15) is 23.8 Å². The third-order valence-electron chi connectivity index (χ3n) is 1.96. The highest BCUT2D eigenvalue weighted by Gasteiger charge is 2.30. The highest BCUT2D eigenvalue weighted by molar-refractivity contribution is 5.92. The van der Waals surface area contributed by atoms with Crippen LogP contribution in [0.4, 0.5) is 19.0 Å². The second kappa shape index (κ2) is 5.63. The molecule has 0 fully saturated rings. The van der Waals surface area contributed by atoms with Crippen molar-refractivity contribution >= 4 is 11.7 Å². The molecule has 1 atom stereocenters. The number of nitrogen functional groups attached to an aromatic ring is 1. The molecule has 1 unspecified atom stereocenters. The predicted octanol–water partition coefficient (Wildman–Crippen LogP) is 0.833. The van der Waals surface area contributed by atoms with Gasteiger partial charge in [0.25, 0.3) is 5.91 Å². The van der Waals surface area contributed by atoms with Gasteiger partial charge in [-0.1, -0.05) is 0 Å². The largest absolute Gasteiger partial charge is 0.391 e. The molecule has 9 heteroatoms. The van der Waals surface area contributed by atoms with E-state index < -0.39 is 24.5 Å². The number of alkyl halides is 3. The first-order chi connectivity index (χ1) is 8.31. The fourth-order valence-corrected chi connectivity index (χ4v) is 1.23. The molecular formula is C9H12F3N5O. The summed E-state index contributed by atoms with van der Waals surface area (Å²) in [4.78, 5) is 11.5. The number of nitrogens with one attached hydrogen (secondary N) is 2. The number of aromatic nitrogens is 2. The number of rotatable bonds is 4. The summed E-state index contributed by atoms with van der Waals surface area (Å²) in [6, 6.07) is 1.65. The van der Waals surface area contributed by atoms with Gasteiger partial charge in [-0.25, -0.2) is 5.84 Å². The minimum absolute atomic E-state index is 0.0805. The average Bonchev–Trinajstić information content (AvgIpc) is 2.26. The number of carbonyl (C=O) groups is 1. The van der Waals surface area contributed by atoms with Crippen LogP contribution in [-0.4, -0.2) is 28.3 Å². The quantitative estimate of drug-likeness (QED) is 0.552. The van der Waals surface area contributed by atoms with Gasteiger partial charge in [0.05, 0.1) is 6.42 Å². The molecule has 6 nitrogen and oxygen atoms in total. The molecule has 1 amide bonds. The van der Waals surface area contributed by atoms with Crippen molar-refractivity contribution in [1.29, 1.82) is 0 Å². The van der Waals surface area contributed by atoms with E-state index in [9.17, 15) is 18.0 Å². The zero-order chi connectivity index (χ0) is 13.8. The molecule has 4 N–H and O–H groups in total. The second-order valence-electron chi connectivity index (χ2n) is 3.64. The number of carbonyl (C=O) groups excluding carboxylic acids is 1. The van der Waals surface area contributed by atoms with Crippen molar-refractivity contribution in [3.8, 4) is 0 Å². The third kappa shape index (κ3) is 4.53. The summed E-state index contributed by atoms with van der Waals surface area (Å²) in [7, 11) is 0. The Balaban J connectivity index is 2.59. The monoisotopic (exact) mass is 263 g/mol. The van der Waals surface area contributed by atoms with Gasteiger partial charge < -0.3 is 10.7 Å². The van der Waals surface area contributed by atoms with Crippen LogP contribution in [0.5, 0.6) is 0 Å². The number of nitrogens with two attached hydrogens (primary N) is 1. The molecule has 0 saturated heterocycles. The Kier molecular flexibility index (Phi) is 4.43. The van der Waals surface area contributed by atoms with Gasteiger partial charge in [0.1, 0.15) is 0 Å². The fourth-order valence-electron chi connectivity index (χ4n) is 1.23. The Labute approximate surface area is 101 Å².